The van der Waals surface area contributed by atoms with Crippen molar-refractivity contribution in [1.82, 2.24) is 0 Å². The predicted molar refractivity (Wildman–Crippen MR) is 60.9 cm³/mol. The Morgan fingerprint density at radius 2 is 2.20 bits per heavy atom. The lowest BCUT2D eigenvalue weighted by atomic mass is 9.95. The largest absolute Gasteiger partial charge is 0.495 e. The molecule has 0 saturated carbocycles. The molecule has 5 nitrogen and oxygen atoms in total. The van der Waals surface area contributed by atoms with Gasteiger partial charge >= 0.3 is 0 Å². The third-order valence-corrected chi connectivity index (χ3v) is 1.84. The second-order valence-corrected chi connectivity index (χ2v) is 3.13. The summed E-state index contributed by atoms with van der Waals surface area (Å²) in [6.07, 6.45) is 0. The van der Waals surface area contributed by atoms with E-state index >= 15 is 0 Å². The highest BCUT2D eigenvalue weighted by molar-refractivity contribution is 6.33. The maximum absolute atomic E-state index is 10.9. The molecule has 6 heteroatoms. The summed E-state index contributed by atoms with van der Waals surface area (Å²) in [7, 11) is 3.28. The highest BCUT2D eigenvalue weighted by Gasteiger charge is 2.12. The number of carbonyl (C=O) groups is 1. The molecule has 0 aliphatic rings. The van der Waals surface area contributed by atoms with Crippen LogP contribution in [-0.2, 0) is 4.79 Å². The van der Waals surface area contributed by atoms with E-state index in [1.807, 2.05) is 7.85 Å². The maximum Gasteiger partial charge on any atom is 0.221 e. The zero-order chi connectivity index (χ0) is 11.4. The van der Waals surface area contributed by atoms with E-state index in [0.29, 0.717) is 11.4 Å². The zero-order valence-electron chi connectivity index (χ0n) is 8.83. The highest BCUT2D eigenvalue weighted by atomic mass is 16.5. The molecule has 0 aliphatic heterocycles. The average molecular weight is 206 g/mol. The van der Waals surface area contributed by atoms with Crippen LogP contribution in [0.2, 0.25) is 0 Å². The number of amides is 1. The molecule has 0 aliphatic carbocycles. The number of nitroso groups, excluding NO2 is 1. The fourth-order valence-electron chi connectivity index (χ4n) is 1.27. The van der Waals surface area contributed by atoms with E-state index in [0.717, 1.165) is 5.46 Å². The summed E-state index contributed by atoms with van der Waals surface area (Å²) in [5.74, 6) is 0.154. The summed E-state index contributed by atoms with van der Waals surface area (Å²) in [5, 5.41) is 5.36. The van der Waals surface area contributed by atoms with Gasteiger partial charge in [0.2, 0.25) is 5.91 Å². The van der Waals surface area contributed by atoms with Gasteiger partial charge in [-0.1, -0.05) is 5.46 Å². The smallest absolute Gasteiger partial charge is 0.221 e. The summed E-state index contributed by atoms with van der Waals surface area (Å²) in [6.45, 7) is 1.36. The van der Waals surface area contributed by atoms with E-state index in [1.165, 1.54) is 14.0 Å². The first-order valence-corrected chi connectivity index (χ1v) is 4.38. The van der Waals surface area contributed by atoms with Crippen LogP contribution in [0.3, 0.4) is 0 Å². The SMILES string of the molecule is Bc1cc(N=O)c(NC(C)=O)c(OC)c1. The van der Waals surface area contributed by atoms with E-state index in [9.17, 15) is 9.70 Å². The Balaban J connectivity index is 3.29. The normalized spacial score (nSPS) is 9.47. The summed E-state index contributed by atoms with van der Waals surface area (Å²) >= 11 is 0. The lowest BCUT2D eigenvalue weighted by molar-refractivity contribution is -0.114. The highest BCUT2D eigenvalue weighted by Crippen LogP contribution is 2.33. The molecule has 0 unspecified atom stereocenters. The molecule has 0 aromatic heterocycles. The minimum absolute atomic E-state index is 0.169. The lowest BCUT2D eigenvalue weighted by Crippen LogP contribution is -2.10. The van der Waals surface area contributed by atoms with Gasteiger partial charge in [0.05, 0.1) is 7.11 Å². The van der Waals surface area contributed by atoms with Crippen molar-refractivity contribution in [2.45, 2.75) is 6.92 Å². The summed E-state index contributed by atoms with van der Waals surface area (Å²) in [6, 6.07) is 3.31. The van der Waals surface area contributed by atoms with Crippen molar-refractivity contribution in [1.29, 1.82) is 0 Å². The fourth-order valence-corrected chi connectivity index (χ4v) is 1.27. The first-order valence-electron chi connectivity index (χ1n) is 4.38. The van der Waals surface area contributed by atoms with Crippen LogP contribution in [0.5, 0.6) is 5.75 Å². The van der Waals surface area contributed by atoms with Gasteiger partial charge in [-0.2, -0.15) is 0 Å². The average Bonchev–Trinajstić information content (AvgIpc) is 2.19. The number of carbonyl (C=O) groups excluding carboxylic acids is 1. The molecule has 15 heavy (non-hydrogen) atoms. The number of benzene rings is 1. The minimum atomic E-state index is -0.276. The van der Waals surface area contributed by atoms with Crippen molar-refractivity contribution in [3.8, 4) is 5.75 Å². The molecule has 0 heterocycles. The molecule has 0 bridgehead atoms. The number of methoxy groups -OCH3 is 1. The number of nitrogens with zero attached hydrogens (tertiary/aromatic N) is 1. The van der Waals surface area contributed by atoms with Gasteiger partial charge in [0, 0.05) is 6.92 Å². The Hall–Kier alpha value is -1.85. The van der Waals surface area contributed by atoms with Crippen LogP contribution in [-0.4, -0.2) is 20.9 Å². The minimum Gasteiger partial charge on any atom is -0.495 e. The standard InChI is InChI=1S/C9H11BN2O3/c1-5(13)11-9-7(12-14)3-6(10)4-8(9)15-2/h3-4H,10H2,1-2H3,(H,11,13). The number of hydrogen-bond donors (Lipinski definition) is 1. The van der Waals surface area contributed by atoms with Gasteiger partial charge in [-0.15, -0.1) is 4.91 Å². The first kappa shape index (κ1) is 11.2. The van der Waals surface area contributed by atoms with Crippen LogP contribution in [0.4, 0.5) is 11.4 Å². The Kier molecular flexibility index (Phi) is 3.44. The molecule has 1 aromatic carbocycles. The molecule has 78 valence electrons. The van der Waals surface area contributed by atoms with Gasteiger partial charge < -0.3 is 10.1 Å². The Labute approximate surface area is 88.2 Å². The van der Waals surface area contributed by atoms with Gasteiger partial charge in [0.15, 0.2) is 0 Å². The molecular formula is C9H11BN2O3. The van der Waals surface area contributed by atoms with Crippen molar-refractivity contribution in [3.05, 3.63) is 17.0 Å². The maximum atomic E-state index is 10.9. The third-order valence-electron chi connectivity index (χ3n) is 1.84. The van der Waals surface area contributed by atoms with E-state index in [-0.39, 0.29) is 11.6 Å². The van der Waals surface area contributed by atoms with Crippen molar-refractivity contribution >= 4 is 30.6 Å². The summed E-state index contributed by atoms with van der Waals surface area (Å²) in [5.41, 5.74) is 1.32. The predicted octanol–water partition coefficient (Wildman–Crippen LogP) is 0.310. The molecule has 0 atom stereocenters. The van der Waals surface area contributed by atoms with Gasteiger partial charge in [0.25, 0.3) is 0 Å². The second-order valence-electron chi connectivity index (χ2n) is 3.13. The third kappa shape index (κ3) is 2.55. The van der Waals surface area contributed by atoms with Crippen molar-refractivity contribution in [2.75, 3.05) is 12.4 Å². The van der Waals surface area contributed by atoms with Gasteiger partial charge in [0.1, 0.15) is 25.0 Å². The molecule has 1 aromatic rings. The summed E-state index contributed by atoms with van der Waals surface area (Å²) < 4.78 is 5.06. The molecular weight excluding hydrogens is 195 g/mol. The molecule has 1 amide bonds. The molecule has 0 spiro atoms. The molecule has 0 radical (unpaired) electrons. The Bertz CT molecular complexity index is 407. The van der Waals surface area contributed by atoms with Gasteiger partial charge in [-0.25, -0.2) is 0 Å². The van der Waals surface area contributed by atoms with Gasteiger partial charge in [-0.05, 0) is 17.3 Å². The van der Waals surface area contributed by atoms with E-state index in [1.54, 1.807) is 12.1 Å². The van der Waals surface area contributed by atoms with Crippen LogP contribution in [0.1, 0.15) is 6.92 Å². The fraction of sp³-hybridized carbons (Fsp3) is 0.222. The Morgan fingerprint density at radius 3 is 2.67 bits per heavy atom. The number of hydrogen-bond acceptors (Lipinski definition) is 4. The lowest BCUT2D eigenvalue weighted by Gasteiger charge is -2.11. The molecule has 0 saturated heterocycles. The van der Waals surface area contributed by atoms with Crippen LogP contribution in [0, 0.1) is 4.91 Å². The quantitative estimate of drug-likeness (QED) is 0.571. The van der Waals surface area contributed by atoms with Crippen LogP contribution in [0.15, 0.2) is 17.3 Å². The number of anilines is 1. The molecule has 1 rings (SSSR count). The van der Waals surface area contributed by atoms with Crippen LogP contribution in [0.25, 0.3) is 0 Å². The van der Waals surface area contributed by atoms with Crippen molar-refractivity contribution in [2.24, 2.45) is 5.18 Å². The van der Waals surface area contributed by atoms with Crippen LogP contribution >= 0.6 is 0 Å². The number of ether oxygens (including phenoxy) is 1. The van der Waals surface area contributed by atoms with E-state index in [4.69, 9.17) is 4.74 Å². The number of nitrogens with one attached hydrogen (secondary N) is 1. The molecule has 0 fully saturated rings. The topological polar surface area (TPSA) is 67.8 Å². The van der Waals surface area contributed by atoms with Crippen LogP contribution < -0.4 is 15.5 Å². The monoisotopic (exact) mass is 206 g/mol. The first-order chi connectivity index (χ1) is 7.08. The second kappa shape index (κ2) is 4.59. The van der Waals surface area contributed by atoms with E-state index in [2.05, 4.69) is 10.5 Å². The zero-order valence-corrected chi connectivity index (χ0v) is 8.83. The van der Waals surface area contributed by atoms with E-state index < -0.39 is 0 Å². The summed E-state index contributed by atoms with van der Waals surface area (Å²) in [4.78, 5) is 21.5. The molecule has 1 N–H and O–H groups in total. The van der Waals surface area contributed by atoms with Crippen molar-refractivity contribution in [3.63, 3.8) is 0 Å². The number of rotatable bonds is 3. The van der Waals surface area contributed by atoms with Crippen molar-refractivity contribution < 1.29 is 9.53 Å². The Morgan fingerprint density at radius 1 is 1.53 bits per heavy atom. The van der Waals surface area contributed by atoms with Gasteiger partial charge in [-0.3, -0.25) is 4.79 Å².